The van der Waals surface area contributed by atoms with Crippen molar-refractivity contribution < 1.29 is 9.63 Å². The van der Waals surface area contributed by atoms with E-state index in [2.05, 4.69) is 10.1 Å². The molecule has 0 aliphatic rings. The normalized spacial score (nSPS) is 11.1. The van der Waals surface area contributed by atoms with Crippen LogP contribution in [0.4, 0.5) is 0 Å². The van der Waals surface area contributed by atoms with Gasteiger partial charge in [-0.1, -0.05) is 16.8 Å². The fraction of sp³-hybridized carbons (Fsp3) is 0.333. The Morgan fingerprint density at radius 1 is 1.39 bits per heavy atom. The highest BCUT2D eigenvalue weighted by Gasteiger charge is 2.13. The van der Waals surface area contributed by atoms with Crippen molar-refractivity contribution >= 4 is 11.6 Å². The molecule has 6 heteroatoms. The SMILES string of the molecule is CN(C)CCc1noc(-c2ccc(Cl)cc2O)n1. The molecular weight excluding hydrogens is 254 g/mol. The Morgan fingerprint density at radius 2 is 2.17 bits per heavy atom. The highest BCUT2D eigenvalue weighted by atomic mass is 35.5. The van der Waals surface area contributed by atoms with E-state index >= 15 is 0 Å². The molecule has 1 heterocycles. The Hall–Kier alpha value is -1.59. The summed E-state index contributed by atoms with van der Waals surface area (Å²) in [5.41, 5.74) is 0.489. The van der Waals surface area contributed by atoms with Crippen LogP contribution in [0.1, 0.15) is 5.82 Å². The second-order valence-electron chi connectivity index (χ2n) is 4.23. The summed E-state index contributed by atoms with van der Waals surface area (Å²) in [7, 11) is 3.96. The highest BCUT2D eigenvalue weighted by molar-refractivity contribution is 6.30. The molecule has 0 bridgehead atoms. The van der Waals surface area contributed by atoms with Crippen LogP contribution in [-0.4, -0.2) is 40.8 Å². The Morgan fingerprint density at radius 3 is 2.83 bits per heavy atom. The highest BCUT2D eigenvalue weighted by Crippen LogP contribution is 2.30. The van der Waals surface area contributed by atoms with Crippen molar-refractivity contribution in [1.82, 2.24) is 15.0 Å². The quantitative estimate of drug-likeness (QED) is 0.920. The van der Waals surface area contributed by atoms with Crippen LogP contribution in [0.2, 0.25) is 5.02 Å². The van der Waals surface area contributed by atoms with Crippen LogP contribution in [0.5, 0.6) is 5.75 Å². The van der Waals surface area contributed by atoms with Gasteiger partial charge in [0.05, 0.1) is 5.56 Å². The zero-order chi connectivity index (χ0) is 13.1. The van der Waals surface area contributed by atoms with E-state index in [1.54, 1.807) is 12.1 Å². The van der Waals surface area contributed by atoms with Crippen LogP contribution in [0.3, 0.4) is 0 Å². The van der Waals surface area contributed by atoms with Crippen molar-refractivity contribution in [2.75, 3.05) is 20.6 Å². The van der Waals surface area contributed by atoms with E-state index in [1.807, 2.05) is 19.0 Å². The molecule has 0 aliphatic carbocycles. The van der Waals surface area contributed by atoms with E-state index in [0.717, 1.165) is 6.54 Å². The van der Waals surface area contributed by atoms with E-state index in [-0.39, 0.29) is 5.75 Å². The van der Waals surface area contributed by atoms with Gasteiger partial charge in [0.2, 0.25) is 0 Å². The maximum Gasteiger partial charge on any atom is 0.261 e. The standard InChI is InChI=1S/C12H14ClN3O2/c1-16(2)6-5-11-14-12(18-15-11)9-4-3-8(13)7-10(9)17/h3-4,7,17H,5-6H2,1-2H3. The topological polar surface area (TPSA) is 62.4 Å². The predicted molar refractivity (Wildman–Crippen MR) is 68.7 cm³/mol. The van der Waals surface area contributed by atoms with Crippen molar-refractivity contribution in [2.45, 2.75) is 6.42 Å². The first kappa shape index (κ1) is 12.9. The van der Waals surface area contributed by atoms with Gasteiger partial charge >= 0.3 is 0 Å². The lowest BCUT2D eigenvalue weighted by Crippen LogP contribution is -2.15. The van der Waals surface area contributed by atoms with Gasteiger partial charge in [0.15, 0.2) is 5.82 Å². The molecule has 0 atom stereocenters. The Labute approximate surface area is 110 Å². The van der Waals surface area contributed by atoms with Gasteiger partial charge in [-0.3, -0.25) is 0 Å². The number of halogens is 1. The van der Waals surface area contributed by atoms with Crippen LogP contribution in [0.25, 0.3) is 11.5 Å². The fourth-order valence-electron chi connectivity index (χ4n) is 1.47. The van der Waals surface area contributed by atoms with Gasteiger partial charge < -0.3 is 14.5 Å². The van der Waals surface area contributed by atoms with Gasteiger partial charge in [-0.2, -0.15) is 4.98 Å². The van der Waals surface area contributed by atoms with Gasteiger partial charge in [-0.25, -0.2) is 0 Å². The summed E-state index contributed by atoms with van der Waals surface area (Å²) in [5.74, 6) is 0.955. The fourth-order valence-corrected chi connectivity index (χ4v) is 1.64. The van der Waals surface area contributed by atoms with Gasteiger partial charge in [0, 0.05) is 18.0 Å². The minimum atomic E-state index is 0.0327. The summed E-state index contributed by atoms with van der Waals surface area (Å²) in [6, 6.07) is 4.77. The summed E-state index contributed by atoms with van der Waals surface area (Å²) in [6.07, 6.45) is 0.699. The van der Waals surface area contributed by atoms with E-state index in [4.69, 9.17) is 16.1 Å². The molecule has 0 amide bonds. The third-order valence-corrected chi connectivity index (χ3v) is 2.68. The molecule has 5 nitrogen and oxygen atoms in total. The summed E-state index contributed by atoms with van der Waals surface area (Å²) in [4.78, 5) is 6.27. The summed E-state index contributed by atoms with van der Waals surface area (Å²) in [5, 5.41) is 14.1. The molecule has 0 unspecified atom stereocenters. The van der Waals surface area contributed by atoms with Crippen LogP contribution >= 0.6 is 11.6 Å². The minimum Gasteiger partial charge on any atom is -0.507 e. The van der Waals surface area contributed by atoms with Crippen molar-refractivity contribution in [2.24, 2.45) is 0 Å². The summed E-state index contributed by atoms with van der Waals surface area (Å²) >= 11 is 5.76. The molecule has 1 N–H and O–H groups in total. The first-order valence-corrected chi connectivity index (χ1v) is 5.90. The first-order valence-electron chi connectivity index (χ1n) is 5.52. The first-order chi connectivity index (χ1) is 8.56. The van der Waals surface area contributed by atoms with E-state index in [0.29, 0.717) is 28.7 Å². The number of rotatable bonds is 4. The lowest BCUT2D eigenvalue weighted by Gasteiger charge is -2.05. The molecule has 0 spiro atoms. The van der Waals surface area contributed by atoms with Crippen LogP contribution in [-0.2, 0) is 6.42 Å². The summed E-state index contributed by atoms with van der Waals surface area (Å²) < 4.78 is 5.12. The molecule has 0 aliphatic heterocycles. The number of aromatic hydroxyl groups is 1. The molecule has 0 saturated heterocycles. The zero-order valence-electron chi connectivity index (χ0n) is 10.2. The van der Waals surface area contributed by atoms with E-state index in [1.165, 1.54) is 6.07 Å². The second-order valence-corrected chi connectivity index (χ2v) is 4.67. The smallest absolute Gasteiger partial charge is 0.261 e. The molecule has 0 radical (unpaired) electrons. The lowest BCUT2D eigenvalue weighted by atomic mass is 10.2. The maximum absolute atomic E-state index is 9.75. The zero-order valence-corrected chi connectivity index (χ0v) is 11.0. The number of likely N-dealkylation sites (N-methyl/N-ethyl adjacent to an activating group) is 1. The number of benzene rings is 1. The molecule has 0 fully saturated rings. The van der Waals surface area contributed by atoms with Gasteiger partial charge in [0.25, 0.3) is 5.89 Å². The third kappa shape index (κ3) is 3.00. The average molecular weight is 268 g/mol. The Bertz CT molecular complexity index is 540. The average Bonchev–Trinajstić information content (AvgIpc) is 2.75. The maximum atomic E-state index is 9.75. The Balaban J connectivity index is 2.18. The van der Waals surface area contributed by atoms with E-state index < -0.39 is 0 Å². The minimum absolute atomic E-state index is 0.0327. The van der Waals surface area contributed by atoms with Crippen LogP contribution in [0.15, 0.2) is 22.7 Å². The number of phenols is 1. The molecule has 96 valence electrons. The number of nitrogens with zero attached hydrogens (tertiary/aromatic N) is 3. The number of aromatic nitrogens is 2. The van der Waals surface area contributed by atoms with Gasteiger partial charge in [-0.05, 0) is 32.3 Å². The number of phenolic OH excluding ortho intramolecular Hbond substituents is 1. The molecule has 1 aromatic carbocycles. The van der Waals surface area contributed by atoms with Crippen LogP contribution < -0.4 is 0 Å². The molecule has 0 saturated carbocycles. The van der Waals surface area contributed by atoms with Crippen molar-refractivity contribution in [3.05, 3.63) is 29.0 Å². The third-order valence-electron chi connectivity index (χ3n) is 2.44. The second kappa shape index (κ2) is 5.37. The molecule has 2 rings (SSSR count). The van der Waals surface area contributed by atoms with Crippen LogP contribution in [0, 0.1) is 0 Å². The largest absolute Gasteiger partial charge is 0.507 e. The van der Waals surface area contributed by atoms with Gasteiger partial charge in [0.1, 0.15) is 5.75 Å². The van der Waals surface area contributed by atoms with E-state index in [9.17, 15) is 5.11 Å². The van der Waals surface area contributed by atoms with Crippen molar-refractivity contribution in [3.63, 3.8) is 0 Å². The molecule has 18 heavy (non-hydrogen) atoms. The molecular formula is C12H14ClN3O2. The number of hydrogen-bond donors (Lipinski definition) is 1. The lowest BCUT2D eigenvalue weighted by molar-refractivity contribution is 0.391. The van der Waals surface area contributed by atoms with Crippen molar-refractivity contribution in [1.29, 1.82) is 0 Å². The predicted octanol–water partition coefficient (Wildman–Crippen LogP) is 2.20. The molecule has 1 aromatic heterocycles. The summed E-state index contributed by atoms with van der Waals surface area (Å²) in [6.45, 7) is 0.839. The van der Waals surface area contributed by atoms with Gasteiger partial charge in [-0.15, -0.1) is 0 Å². The Kier molecular flexibility index (Phi) is 3.84. The molecule has 2 aromatic rings. The van der Waals surface area contributed by atoms with Crippen molar-refractivity contribution in [3.8, 4) is 17.2 Å². The monoisotopic (exact) mass is 267 g/mol. The number of hydrogen-bond acceptors (Lipinski definition) is 5.